The summed E-state index contributed by atoms with van der Waals surface area (Å²) in [5.41, 5.74) is 0.330. The normalized spacial score (nSPS) is 17.6. The molecule has 1 unspecified atom stereocenters. The molecule has 8 nitrogen and oxygen atoms in total. The average molecular weight is 295 g/mol. The molecule has 2 rings (SSSR count). The van der Waals surface area contributed by atoms with Crippen LogP contribution in [0.4, 0.5) is 4.79 Å². The van der Waals surface area contributed by atoms with Crippen molar-refractivity contribution in [3.05, 3.63) is 24.0 Å². The molecule has 1 saturated heterocycles. The van der Waals surface area contributed by atoms with E-state index in [0.29, 0.717) is 25.2 Å². The van der Waals surface area contributed by atoms with Gasteiger partial charge in [-0.2, -0.15) is 0 Å². The first kappa shape index (κ1) is 14.9. The van der Waals surface area contributed by atoms with Crippen molar-refractivity contribution in [3.8, 4) is 0 Å². The van der Waals surface area contributed by atoms with Gasteiger partial charge in [0.2, 0.25) is 0 Å². The zero-order valence-electron chi connectivity index (χ0n) is 11.6. The van der Waals surface area contributed by atoms with Crippen molar-refractivity contribution in [3.63, 3.8) is 0 Å². The van der Waals surface area contributed by atoms with E-state index in [1.54, 1.807) is 23.2 Å². The van der Waals surface area contributed by atoms with Gasteiger partial charge in [-0.25, -0.2) is 4.79 Å². The number of nitrogens with zero attached hydrogens (tertiary/aromatic N) is 2. The van der Waals surface area contributed by atoms with Crippen molar-refractivity contribution in [1.82, 2.24) is 14.8 Å². The molecule has 21 heavy (non-hydrogen) atoms. The summed E-state index contributed by atoms with van der Waals surface area (Å²) in [6, 6.07) is 3.08. The SMILES string of the molecule is COC(=O)NC1CCN(C(=O)c2cccn2CC(=O)O)C1. The molecule has 1 aliphatic heterocycles. The molecule has 1 aliphatic rings. The quantitative estimate of drug-likeness (QED) is 0.823. The van der Waals surface area contributed by atoms with E-state index in [9.17, 15) is 14.4 Å². The number of carbonyl (C=O) groups excluding carboxylic acids is 2. The molecular formula is C13H17N3O5. The summed E-state index contributed by atoms with van der Waals surface area (Å²) < 4.78 is 5.91. The number of carboxylic acid groups (broad SMARTS) is 1. The fraction of sp³-hybridized carbons (Fsp3) is 0.462. The number of nitrogens with one attached hydrogen (secondary N) is 1. The molecular weight excluding hydrogens is 278 g/mol. The van der Waals surface area contributed by atoms with Gasteiger partial charge in [-0.1, -0.05) is 0 Å². The van der Waals surface area contributed by atoms with E-state index in [1.807, 2.05) is 0 Å². The zero-order chi connectivity index (χ0) is 15.4. The summed E-state index contributed by atoms with van der Waals surface area (Å²) in [6.45, 7) is 0.629. The number of aliphatic carboxylic acids is 1. The topological polar surface area (TPSA) is 101 Å². The zero-order valence-corrected chi connectivity index (χ0v) is 11.6. The van der Waals surface area contributed by atoms with Crippen molar-refractivity contribution < 1.29 is 24.2 Å². The van der Waals surface area contributed by atoms with Gasteiger partial charge >= 0.3 is 12.1 Å². The lowest BCUT2D eigenvalue weighted by atomic mass is 10.3. The third kappa shape index (κ3) is 3.53. The molecule has 0 radical (unpaired) electrons. The monoisotopic (exact) mass is 295 g/mol. The second-order valence-electron chi connectivity index (χ2n) is 4.79. The fourth-order valence-electron chi connectivity index (χ4n) is 2.34. The number of carboxylic acids is 1. The van der Waals surface area contributed by atoms with Gasteiger partial charge in [-0.15, -0.1) is 0 Å². The van der Waals surface area contributed by atoms with Crippen LogP contribution < -0.4 is 5.32 Å². The lowest BCUT2D eigenvalue weighted by molar-refractivity contribution is -0.137. The maximum atomic E-state index is 12.4. The van der Waals surface area contributed by atoms with Crippen LogP contribution >= 0.6 is 0 Å². The van der Waals surface area contributed by atoms with E-state index in [-0.39, 0.29) is 18.5 Å². The number of rotatable bonds is 4. The van der Waals surface area contributed by atoms with Gasteiger partial charge in [0.1, 0.15) is 12.2 Å². The Labute approximate surface area is 121 Å². The number of ether oxygens (including phenoxy) is 1. The number of aromatic nitrogens is 1. The second kappa shape index (κ2) is 6.29. The molecule has 1 aromatic rings. The molecule has 1 atom stereocenters. The van der Waals surface area contributed by atoms with Gasteiger partial charge in [-0.3, -0.25) is 9.59 Å². The standard InChI is InChI=1S/C13H17N3O5/c1-21-13(20)14-9-4-6-16(7-9)12(19)10-3-2-5-15(10)8-11(17)18/h2-3,5,9H,4,6-8H2,1H3,(H,14,20)(H,17,18). The van der Waals surface area contributed by atoms with Crippen LogP contribution in [0, 0.1) is 0 Å². The van der Waals surface area contributed by atoms with E-state index < -0.39 is 12.1 Å². The smallest absolute Gasteiger partial charge is 0.407 e. The summed E-state index contributed by atoms with van der Waals surface area (Å²) >= 11 is 0. The third-order valence-electron chi connectivity index (χ3n) is 3.34. The van der Waals surface area contributed by atoms with Gasteiger partial charge in [0.05, 0.1) is 13.2 Å². The molecule has 2 heterocycles. The highest BCUT2D eigenvalue weighted by Gasteiger charge is 2.29. The maximum Gasteiger partial charge on any atom is 0.407 e. The van der Waals surface area contributed by atoms with Crippen LogP contribution in [0.3, 0.4) is 0 Å². The van der Waals surface area contributed by atoms with Crippen LogP contribution in [0.1, 0.15) is 16.9 Å². The van der Waals surface area contributed by atoms with Gasteiger partial charge < -0.3 is 24.6 Å². The lowest BCUT2D eigenvalue weighted by Crippen LogP contribution is -2.38. The molecule has 2 N–H and O–H groups in total. The number of likely N-dealkylation sites (tertiary alicyclic amines) is 1. The Morgan fingerprint density at radius 1 is 1.48 bits per heavy atom. The van der Waals surface area contributed by atoms with Crippen LogP contribution in [0.15, 0.2) is 18.3 Å². The highest BCUT2D eigenvalue weighted by molar-refractivity contribution is 5.93. The summed E-state index contributed by atoms with van der Waals surface area (Å²) in [5, 5.41) is 11.5. The molecule has 1 aromatic heterocycles. The molecule has 0 aliphatic carbocycles. The highest BCUT2D eigenvalue weighted by Crippen LogP contribution is 2.14. The van der Waals surface area contributed by atoms with Crippen LogP contribution in [0.2, 0.25) is 0 Å². The minimum absolute atomic E-state index is 0.149. The van der Waals surface area contributed by atoms with E-state index in [1.165, 1.54) is 11.7 Å². The number of carbonyl (C=O) groups is 3. The van der Waals surface area contributed by atoms with Crippen molar-refractivity contribution >= 4 is 18.0 Å². The van der Waals surface area contributed by atoms with Gasteiger partial charge in [0, 0.05) is 19.3 Å². The molecule has 2 amide bonds. The first-order valence-electron chi connectivity index (χ1n) is 6.52. The van der Waals surface area contributed by atoms with E-state index >= 15 is 0 Å². The Morgan fingerprint density at radius 3 is 2.90 bits per heavy atom. The predicted octanol–water partition coefficient (Wildman–Crippen LogP) is 0.143. The Balaban J connectivity index is 2.00. The third-order valence-corrected chi connectivity index (χ3v) is 3.34. The predicted molar refractivity (Wildman–Crippen MR) is 71.9 cm³/mol. The number of hydrogen-bond acceptors (Lipinski definition) is 4. The van der Waals surface area contributed by atoms with Crippen molar-refractivity contribution in [2.75, 3.05) is 20.2 Å². The molecule has 0 aromatic carbocycles. The van der Waals surface area contributed by atoms with Gasteiger partial charge in [0.25, 0.3) is 5.91 Å². The molecule has 0 bridgehead atoms. The summed E-state index contributed by atoms with van der Waals surface area (Å²) in [5.74, 6) is -1.25. The molecule has 0 saturated carbocycles. The number of alkyl carbamates (subject to hydrolysis) is 1. The molecule has 1 fully saturated rings. The summed E-state index contributed by atoms with van der Waals surface area (Å²) in [7, 11) is 1.28. The summed E-state index contributed by atoms with van der Waals surface area (Å²) in [4.78, 5) is 35.9. The van der Waals surface area contributed by atoms with E-state index in [0.717, 1.165) is 0 Å². The second-order valence-corrected chi connectivity index (χ2v) is 4.79. The van der Waals surface area contributed by atoms with Crippen LogP contribution in [0.25, 0.3) is 0 Å². The highest BCUT2D eigenvalue weighted by atomic mass is 16.5. The van der Waals surface area contributed by atoms with Crippen molar-refractivity contribution in [2.45, 2.75) is 19.0 Å². The number of hydrogen-bond donors (Lipinski definition) is 2. The maximum absolute atomic E-state index is 12.4. The summed E-state index contributed by atoms with van der Waals surface area (Å²) in [6.07, 6.45) is 1.67. The first-order valence-corrected chi connectivity index (χ1v) is 6.52. The first-order chi connectivity index (χ1) is 10.0. The van der Waals surface area contributed by atoms with Gasteiger partial charge in [-0.05, 0) is 18.6 Å². The molecule has 8 heteroatoms. The fourth-order valence-corrected chi connectivity index (χ4v) is 2.34. The van der Waals surface area contributed by atoms with Crippen molar-refractivity contribution in [1.29, 1.82) is 0 Å². The Hall–Kier alpha value is -2.51. The lowest BCUT2D eigenvalue weighted by Gasteiger charge is -2.17. The minimum Gasteiger partial charge on any atom is -0.480 e. The number of methoxy groups -OCH3 is 1. The Morgan fingerprint density at radius 2 is 2.24 bits per heavy atom. The average Bonchev–Trinajstić information content (AvgIpc) is 3.06. The molecule has 0 spiro atoms. The van der Waals surface area contributed by atoms with E-state index in [4.69, 9.17) is 5.11 Å². The largest absolute Gasteiger partial charge is 0.480 e. The van der Waals surface area contributed by atoms with E-state index in [2.05, 4.69) is 10.1 Å². The Bertz CT molecular complexity index is 554. The van der Waals surface area contributed by atoms with Crippen LogP contribution in [0.5, 0.6) is 0 Å². The number of amides is 2. The molecule has 114 valence electrons. The van der Waals surface area contributed by atoms with Crippen molar-refractivity contribution in [2.24, 2.45) is 0 Å². The van der Waals surface area contributed by atoms with Gasteiger partial charge in [0.15, 0.2) is 0 Å². The van der Waals surface area contributed by atoms with Crippen LogP contribution in [-0.2, 0) is 16.1 Å². The van der Waals surface area contributed by atoms with Crippen LogP contribution in [-0.4, -0.2) is 58.8 Å². The Kier molecular flexibility index (Phi) is 4.46. The minimum atomic E-state index is -1.01.